The monoisotopic (exact) mass is 301 g/mol. The number of ketones is 1. The Morgan fingerprint density at radius 3 is 2.88 bits per heavy atom. The maximum absolute atomic E-state index is 12.0. The number of carbonyl (C=O) groups is 1. The zero-order chi connectivity index (χ0) is 12.8. The van der Waals surface area contributed by atoms with Crippen LogP contribution in [0.3, 0.4) is 0 Å². The third-order valence-electron chi connectivity index (χ3n) is 2.49. The van der Waals surface area contributed by atoms with Crippen LogP contribution in [0.25, 0.3) is 0 Å². The second kappa shape index (κ2) is 6.91. The van der Waals surface area contributed by atoms with Crippen LogP contribution in [0.15, 0.2) is 10.7 Å². The molecule has 0 aromatic carbocycles. The molecular formula is C12H20BrN3O. The summed E-state index contributed by atoms with van der Waals surface area (Å²) in [7, 11) is 0. The molecule has 0 atom stereocenters. The van der Waals surface area contributed by atoms with E-state index in [1.54, 1.807) is 10.9 Å². The first-order chi connectivity index (χ1) is 8.06. The number of aryl methyl sites for hydroxylation is 1. The Labute approximate surface area is 111 Å². The molecule has 1 rings (SSSR count). The average Bonchev–Trinajstić information content (AvgIpc) is 2.65. The number of Topliss-reactive ketones (excluding diaryl/α,β-unsaturated/α-hetero) is 1. The summed E-state index contributed by atoms with van der Waals surface area (Å²) < 4.78 is 2.53. The molecule has 0 aliphatic carbocycles. The number of rotatable bonds is 7. The summed E-state index contributed by atoms with van der Waals surface area (Å²) in [4.78, 5) is 12.0. The maximum atomic E-state index is 12.0. The van der Waals surface area contributed by atoms with E-state index in [0.717, 1.165) is 24.0 Å². The van der Waals surface area contributed by atoms with Gasteiger partial charge in [-0.15, -0.1) is 0 Å². The molecule has 0 unspecified atom stereocenters. The highest BCUT2D eigenvalue weighted by Crippen LogP contribution is 2.18. The number of nitrogens with one attached hydrogen (secondary N) is 1. The first kappa shape index (κ1) is 14.4. The molecule has 1 N–H and O–H groups in total. The summed E-state index contributed by atoms with van der Waals surface area (Å²) in [6, 6.07) is 0.470. The van der Waals surface area contributed by atoms with Gasteiger partial charge in [-0.25, -0.2) is 0 Å². The molecule has 0 fully saturated rings. The van der Waals surface area contributed by atoms with Gasteiger partial charge in [0.2, 0.25) is 0 Å². The van der Waals surface area contributed by atoms with Crippen molar-refractivity contribution >= 4 is 21.7 Å². The fraction of sp³-hybridized carbons (Fsp3) is 0.667. The highest BCUT2D eigenvalue weighted by Gasteiger charge is 2.15. The van der Waals surface area contributed by atoms with Crippen molar-refractivity contribution in [2.24, 2.45) is 0 Å². The second-order valence-electron chi connectivity index (χ2n) is 4.29. The van der Waals surface area contributed by atoms with Crippen molar-refractivity contribution in [2.75, 3.05) is 6.54 Å². The Morgan fingerprint density at radius 2 is 2.29 bits per heavy atom. The molecular weight excluding hydrogens is 282 g/mol. The van der Waals surface area contributed by atoms with E-state index in [9.17, 15) is 4.79 Å². The van der Waals surface area contributed by atoms with Gasteiger partial charge in [0.25, 0.3) is 0 Å². The van der Waals surface area contributed by atoms with Crippen LogP contribution in [0.4, 0.5) is 0 Å². The predicted molar refractivity (Wildman–Crippen MR) is 72.3 cm³/mol. The van der Waals surface area contributed by atoms with Crippen LogP contribution >= 0.6 is 15.9 Å². The Balaban J connectivity index is 2.49. The van der Waals surface area contributed by atoms with E-state index >= 15 is 0 Å². The lowest BCUT2D eigenvalue weighted by Crippen LogP contribution is -2.24. The van der Waals surface area contributed by atoms with Gasteiger partial charge in [-0.1, -0.05) is 13.8 Å². The van der Waals surface area contributed by atoms with Crippen LogP contribution in [0.5, 0.6) is 0 Å². The maximum Gasteiger partial charge on any atom is 0.182 e. The van der Waals surface area contributed by atoms with E-state index in [0.29, 0.717) is 18.2 Å². The summed E-state index contributed by atoms with van der Waals surface area (Å²) in [5.74, 6) is 0.154. The lowest BCUT2D eigenvalue weighted by atomic mass is 10.1. The van der Waals surface area contributed by atoms with Crippen LogP contribution < -0.4 is 5.32 Å². The SMILES string of the molecule is CCn1ncc(Br)c1C(=O)CCCNC(C)C. The zero-order valence-corrected chi connectivity index (χ0v) is 12.2. The van der Waals surface area contributed by atoms with E-state index < -0.39 is 0 Å². The van der Waals surface area contributed by atoms with Gasteiger partial charge in [-0.2, -0.15) is 5.10 Å². The number of hydrogen-bond acceptors (Lipinski definition) is 3. The summed E-state index contributed by atoms with van der Waals surface area (Å²) in [6.45, 7) is 7.78. The van der Waals surface area contributed by atoms with E-state index in [1.165, 1.54) is 0 Å². The standard InChI is InChI=1S/C12H20BrN3O/c1-4-16-12(10(13)8-15-16)11(17)6-5-7-14-9(2)3/h8-9,14H,4-7H2,1-3H3. The molecule has 0 aliphatic heterocycles. The molecule has 1 heterocycles. The van der Waals surface area contributed by atoms with Crippen LogP contribution in [0, 0.1) is 0 Å². The largest absolute Gasteiger partial charge is 0.315 e. The van der Waals surface area contributed by atoms with E-state index in [4.69, 9.17) is 0 Å². The molecule has 0 bridgehead atoms. The van der Waals surface area contributed by atoms with Crippen LogP contribution in [-0.2, 0) is 6.54 Å². The van der Waals surface area contributed by atoms with Crippen LogP contribution in [0.1, 0.15) is 44.1 Å². The van der Waals surface area contributed by atoms with Gasteiger partial charge < -0.3 is 5.32 Å². The van der Waals surface area contributed by atoms with Gasteiger partial charge in [-0.05, 0) is 35.8 Å². The minimum atomic E-state index is 0.154. The topological polar surface area (TPSA) is 46.9 Å². The molecule has 0 aliphatic rings. The molecule has 5 heteroatoms. The fourth-order valence-electron chi connectivity index (χ4n) is 1.64. The Hall–Kier alpha value is -0.680. The van der Waals surface area contributed by atoms with Gasteiger partial charge >= 0.3 is 0 Å². The van der Waals surface area contributed by atoms with Crippen molar-refractivity contribution < 1.29 is 4.79 Å². The predicted octanol–water partition coefficient (Wildman–Crippen LogP) is 2.63. The molecule has 0 saturated carbocycles. The Kier molecular flexibility index (Phi) is 5.85. The number of carbonyl (C=O) groups excluding carboxylic acids is 1. The van der Waals surface area contributed by atoms with E-state index in [2.05, 4.69) is 40.2 Å². The Morgan fingerprint density at radius 1 is 1.59 bits per heavy atom. The number of halogens is 1. The van der Waals surface area contributed by atoms with Crippen molar-refractivity contribution in [2.45, 2.75) is 46.2 Å². The van der Waals surface area contributed by atoms with E-state index in [-0.39, 0.29) is 5.78 Å². The molecule has 0 radical (unpaired) electrons. The van der Waals surface area contributed by atoms with Gasteiger partial charge in [0, 0.05) is 19.0 Å². The van der Waals surface area contributed by atoms with Gasteiger partial charge in [0.05, 0.1) is 10.7 Å². The normalized spacial score (nSPS) is 11.1. The van der Waals surface area contributed by atoms with Crippen molar-refractivity contribution in [1.29, 1.82) is 0 Å². The quantitative estimate of drug-likeness (QED) is 0.622. The highest BCUT2D eigenvalue weighted by atomic mass is 79.9. The van der Waals surface area contributed by atoms with Crippen molar-refractivity contribution in [3.05, 3.63) is 16.4 Å². The summed E-state index contributed by atoms with van der Waals surface area (Å²) in [5, 5.41) is 7.45. The van der Waals surface area contributed by atoms with Gasteiger partial charge in [-0.3, -0.25) is 9.48 Å². The minimum Gasteiger partial charge on any atom is -0.315 e. The minimum absolute atomic E-state index is 0.154. The molecule has 0 amide bonds. The lowest BCUT2D eigenvalue weighted by molar-refractivity contribution is 0.0968. The van der Waals surface area contributed by atoms with Crippen LogP contribution in [0.2, 0.25) is 0 Å². The molecule has 96 valence electrons. The van der Waals surface area contributed by atoms with E-state index in [1.807, 2.05) is 6.92 Å². The molecule has 0 saturated heterocycles. The molecule has 1 aromatic rings. The second-order valence-corrected chi connectivity index (χ2v) is 5.15. The zero-order valence-electron chi connectivity index (χ0n) is 10.7. The number of hydrogen-bond donors (Lipinski definition) is 1. The first-order valence-corrected chi connectivity index (χ1v) is 6.83. The van der Waals surface area contributed by atoms with Crippen molar-refractivity contribution in [3.63, 3.8) is 0 Å². The molecule has 17 heavy (non-hydrogen) atoms. The van der Waals surface area contributed by atoms with Crippen LogP contribution in [-0.4, -0.2) is 28.2 Å². The average molecular weight is 302 g/mol. The lowest BCUT2D eigenvalue weighted by Gasteiger charge is -2.08. The number of aromatic nitrogens is 2. The smallest absolute Gasteiger partial charge is 0.182 e. The van der Waals surface area contributed by atoms with Gasteiger partial charge in [0.1, 0.15) is 5.69 Å². The molecule has 1 aromatic heterocycles. The van der Waals surface area contributed by atoms with Crippen molar-refractivity contribution in [1.82, 2.24) is 15.1 Å². The molecule has 0 spiro atoms. The summed E-state index contributed by atoms with van der Waals surface area (Å²) >= 11 is 3.37. The third kappa shape index (κ3) is 4.24. The molecule has 4 nitrogen and oxygen atoms in total. The third-order valence-corrected chi connectivity index (χ3v) is 3.07. The van der Waals surface area contributed by atoms with Crippen molar-refractivity contribution in [3.8, 4) is 0 Å². The first-order valence-electron chi connectivity index (χ1n) is 6.04. The fourth-order valence-corrected chi connectivity index (χ4v) is 2.15. The van der Waals surface area contributed by atoms with Gasteiger partial charge in [0.15, 0.2) is 5.78 Å². The number of nitrogens with zero attached hydrogens (tertiary/aromatic N) is 2. The Bertz CT molecular complexity index is 374. The summed E-state index contributed by atoms with van der Waals surface area (Å²) in [6.07, 6.45) is 3.10. The summed E-state index contributed by atoms with van der Waals surface area (Å²) in [5.41, 5.74) is 0.692. The highest BCUT2D eigenvalue weighted by molar-refractivity contribution is 9.10.